The number of allylic oxidation sites excluding steroid dienone is 2. The highest BCUT2D eigenvalue weighted by Crippen LogP contribution is 2.29. The number of hydrogen-bond donors (Lipinski definition) is 2. The number of pyridine rings is 1. The minimum atomic E-state index is -0.238. The zero-order valence-corrected chi connectivity index (χ0v) is 12.5. The molecule has 0 aliphatic carbocycles. The van der Waals surface area contributed by atoms with Gasteiger partial charge in [-0.2, -0.15) is 0 Å². The second-order valence-corrected chi connectivity index (χ2v) is 5.13. The van der Waals surface area contributed by atoms with Crippen LogP contribution in [0, 0.1) is 5.41 Å². The number of nitrogens with zero attached hydrogens (tertiary/aromatic N) is 2. The standard InChI is InChI=1S/C14H17ClN4O/c1-8(17-3)11-7-19(9(2)13(11)16)10-5-12(15)14(20)18(4)6-10/h5-6,16-17H,2,7H2,1,3-4H3/b11-8-,16-13?. The zero-order valence-electron chi connectivity index (χ0n) is 11.7. The number of nitrogens with one attached hydrogen (secondary N) is 2. The summed E-state index contributed by atoms with van der Waals surface area (Å²) in [6, 6.07) is 1.61. The van der Waals surface area contributed by atoms with E-state index in [1.165, 1.54) is 4.57 Å². The van der Waals surface area contributed by atoms with E-state index in [4.69, 9.17) is 17.0 Å². The lowest BCUT2D eigenvalue weighted by atomic mass is 10.1. The van der Waals surface area contributed by atoms with Gasteiger partial charge in [-0.25, -0.2) is 0 Å². The van der Waals surface area contributed by atoms with Gasteiger partial charge >= 0.3 is 0 Å². The molecule has 2 N–H and O–H groups in total. The highest BCUT2D eigenvalue weighted by atomic mass is 35.5. The predicted octanol–water partition coefficient (Wildman–Crippen LogP) is 1.89. The molecule has 106 valence electrons. The average molecular weight is 293 g/mol. The topological polar surface area (TPSA) is 61.1 Å². The Labute approximate surface area is 122 Å². The van der Waals surface area contributed by atoms with Crippen LogP contribution in [-0.2, 0) is 7.05 Å². The van der Waals surface area contributed by atoms with E-state index < -0.39 is 0 Å². The van der Waals surface area contributed by atoms with Crippen LogP contribution in [0.3, 0.4) is 0 Å². The molecule has 6 heteroatoms. The maximum absolute atomic E-state index is 11.6. The van der Waals surface area contributed by atoms with Gasteiger partial charge in [0, 0.05) is 31.6 Å². The maximum Gasteiger partial charge on any atom is 0.269 e. The first-order chi connectivity index (χ1) is 9.36. The Balaban J connectivity index is 2.48. The van der Waals surface area contributed by atoms with E-state index in [2.05, 4.69) is 11.9 Å². The van der Waals surface area contributed by atoms with Crippen molar-refractivity contribution in [1.82, 2.24) is 9.88 Å². The molecule has 0 saturated carbocycles. The van der Waals surface area contributed by atoms with Crippen LogP contribution in [0.1, 0.15) is 6.92 Å². The van der Waals surface area contributed by atoms with Crippen LogP contribution in [0.4, 0.5) is 5.69 Å². The van der Waals surface area contributed by atoms with Gasteiger partial charge in [-0.3, -0.25) is 10.2 Å². The van der Waals surface area contributed by atoms with Crippen LogP contribution in [0.5, 0.6) is 0 Å². The fourth-order valence-corrected chi connectivity index (χ4v) is 2.39. The summed E-state index contributed by atoms with van der Waals surface area (Å²) < 4.78 is 1.43. The Morgan fingerprint density at radius 3 is 2.75 bits per heavy atom. The average Bonchev–Trinajstić information content (AvgIpc) is 2.71. The molecule has 0 unspecified atom stereocenters. The molecule has 0 radical (unpaired) electrons. The van der Waals surface area contributed by atoms with Gasteiger partial charge in [0.1, 0.15) is 5.02 Å². The lowest BCUT2D eigenvalue weighted by molar-refractivity contribution is 0.852. The van der Waals surface area contributed by atoms with Crippen molar-refractivity contribution >= 4 is 23.0 Å². The van der Waals surface area contributed by atoms with E-state index in [1.54, 1.807) is 19.3 Å². The molecule has 0 amide bonds. The van der Waals surface area contributed by atoms with Gasteiger partial charge in [-0.15, -0.1) is 0 Å². The Bertz CT molecular complexity index is 661. The van der Waals surface area contributed by atoms with Crippen molar-refractivity contribution in [2.24, 2.45) is 7.05 Å². The molecular formula is C14H17ClN4O. The van der Waals surface area contributed by atoms with Gasteiger partial charge in [0.2, 0.25) is 0 Å². The Morgan fingerprint density at radius 2 is 2.20 bits per heavy atom. The van der Waals surface area contributed by atoms with E-state index in [0.29, 0.717) is 18.0 Å². The zero-order chi connectivity index (χ0) is 15.0. The second kappa shape index (κ2) is 5.17. The summed E-state index contributed by atoms with van der Waals surface area (Å²) in [5.41, 5.74) is 3.35. The lowest BCUT2D eigenvalue weighted by Crippen LogP contribution is -2.22. The number of aryl methyl sites for hydroxylation is 1. The first-order valence-electron chi connectivity index (χ1n) is 6.16. The van der Waals surface area contributed by atoms with Crippen LogP contribution in [0.25, 0.3) is 0 Å². The summed E-state index contributed by atoms with van der Waals surface area (Å²) >= 11 is 5.94. The first kappa shape index (κ1) is 14.4. The molecule has 1 saturated heterocycles. The van der Waals surface area contributed by atoms with Gasteiger partial charge < -0.3 is 14.8 Å². The van der Waals surface area contributed by atoms with Crippen LogP contribution in [-0.4, -0.2) is 23.9 Å². The van der Waals surface area contributed by atoms with Gasteiger partial charge in [-0.1, -0.05) is 18.2 Å². The molecule has 0 aromatic carbocycles. The molecule has 1 aliphatic heterocycles. The number of aromatic nitrogens is 1. The van der Waals surface area contributed by atoms with Crippen molar-refractivity contribution < 1.29 is 0 Å². The fourth-order valence-electron chi connectivity index (χ4n) is 2.15. The SMILES string of the molecule is C=C1C(=N)/C(=C(/C)NC)CN1c1cc(Cl)c(=O)n(C)c1. The Morgan fingerprint density at radius 1 is 1.55 bits per heavy atom. The minimum absolute atomic E-state index is 0.159. The summed E-state index contributed by atoms with van der Waals surface area (Å²) in [5, 5.41) is 11.3. The van der Waals surface area contributed by atoms with Gasteiger partial charge in [0.15, 0.2) is 0 Å². The smallest absolute Gasteiger partial charge is 0.269 e. The molecule has 1 aliphatic rings. The molecular weight excluding hydrogens is 276 g/mol. The third-order valence-electron chi connectivity index (χ3n) is 3.50. The number of rotatable bonds is 2. The van der Waals surface area contributed by atoms with Gasteiger partial charge in [-0.05, 0) is 13.0 Å². The summed E-state index contributed by atoms with van der Waals surface area (Å²) in [6.45, 7) is 6.42. The normalized spacial score (nSPS) is 17.7. The van der Waals surface area contributed by atoms with Crippen LogP contribution >= 0.6 is 11.6 Å². The third-order valence-corrected chi connectivity index (χ3v) is 3.77. The quantitative estimate of drug-likeness (QED) is 0.875. The monoisotopic (exact) mass is 292 g/mol. The van der Waals surface area contributed by atoms with Crippen molar-refractivity contribution in [3.63, 3.8) is 0 Å². The molecule has 2 heterocycles. The summed E-state index contributed by atoms with van der Waals surface area (Å²) in [4.78, 5) is 13.5. The van der Waals surface area contributed by atoms with Gasteiger partial charge in [0.05, 0.1) is 23.6 Å². The molecule has 1 aromatic rings. The van der Waals surface area contributed by atoms with Crippen LogP contribution in [0.15, 0.2) is 40.6 Å². The van der Waals surface area contributed by atoms with Crippen molar-refractivity contribution in [2.45, 2.75) is 6.92 Å². The second-order valence-electron chi connectivity index (χ2n) is 4.72. The highest BCUT2D eigenvalue weighted by Gasteiger charge is 2.28. The maximum atomic E-state index is 11.6. The largest absolute Gasteiger partial charge is 0.391 e. The van der Waals surface area contributed by atoms with Gasteiger partial charge in [0.25, 0.3) is 5.56 Å². The first-order valence-corrected chi connectivity index (χ1v) is 6.54. The molecule has 1 fully saturated rings. The van der Waals surface area contributed by atoms with E-state index in [0.717, 1.165) is 17.0 Å². The van der Waals surface area contributed by atoms with E-state index in [1.807, 2.05) is 18.9 Å². The van der Waals surface area contributed by atoms with E-state index in [9.17, 15) is 4.79 Å². The molecule has 0 spiro atoms. The predicted molar refractivity (Wildman–Crippen MR) is 82.7 cm³/mol. The fraction of sp³-hybridized carbons (Fsp3) is 0.286. The minimum Gasteiger partial charge on any atom is -0.391 e. The molecule has 0 bridgehead atoms. The van der Waals surface area contributed by atoms with Crippen molar-refractivity contribution in [3.05, 3.63) is 51.2 Å². The number of halogens is 1. The van der Waals surface area contributed by atoms with E-state index in [-0.39, 0.29) is 10.6 Å². The van der Waals surface area contributed by atoms with E-state index >= 15 is 0 Å². The van der Waals surface area contributed by atoms with Crippen molar-refractivity contribution in [1.29, 1.82) is 5.41 Å². The van der Waals surface area contributed by atoms with Crippen LogP contribution < -0.4 is 15.8 Å². The lowest BCUT2D eigenvalue weighted by Gasteiger charge is -2.19. The van der Waals surface area contributed by atoms with Crippen LogP contribution in [0.2, 0.25) is 5.02 Å². The molecule has 5 nitrogen and oxygen atoms in total. The molecule has 0 atom stereocenters. The molecule has 2 rings (SSSR count). The third kappa shape index (κ3) is 2.25. The Kier molecular flexibility index (Phi) is 3.72. The highest BCUT2D eigenvalue weighted by molar-refractivity contribution is 6.30. The van der Waals surface area contributed by atoms with Crippen molar-refractivity contribution in [2.75, 3.05) is 18.5 Å². The molecule has 20 heavy (non-hydrogen) atoms. The summed E-state index contributed by atoms with van der Waals surface area (Å²) in [5.74, 6) is 0. The Hall–Kier alpha value is -2.01. The summed E-state index contributed by atoms with van der Waals surface area (Å²) in [7, 11) is 3.47. The number of anilines is 1. The van der Waals surface area contributed by atoms with Crippen molar-refractivity contribution in [3.8, 4) is 0 Å². The molecule has 1 aromatic heterocycles. The number of hydrogen-bond acceptors (Lipinski definition) is 4. The summed E-state index contributed by atoms with van der Waals surface area (Å²) in [6.07, 6.45) is 1.70.